The van der Waals surface area contributed by atoms with E-state index < -0.39 is 6.10 Å². The molecule has 1 rings (SSSR count). The molecule has 1 aromatic rings. The van der Waals surface area contributed by atoms with E-state index in [1.807, 2.05) is 44.2 Å². The Bertz CT molecular complexity index is 351. The molecule has 0 aromatic heterocycles. The van der Waals surface area contributed by atoms with Gasteiger partial charge in [-0.25, -0.2) is 0 Å². The third-order valence-corrected chi connectivity index (χ3v) is 3.06. The maximum Gasteiger partial charge on any atom is 0.227 e. The maximum atomic E-state index is 12.1. The molecular formula is C15H23NO2. The summed E-state index contributed by atoms with van der Waals surface area (Å²) in [4.78, 5) is 12.1. The van der Waals surface area contributed by atoms with E-state index in [1.54, 1.807) is 0 Å². The summed E-state index contributed by atoms with van der Waals surface area (Å²) in [5.41, 5.74) is 1.03. The van der Waals surface area contributed by atoms with Gasteiger partial charge in [0, 0.05) is 6.54 Å². The molecular weight excluding hydrogens is 226 g/mol. The van der Waals surface area contributed by atoms with Crippen molar-refractivity contribution in [2.24, 2.45) is 0 Å². The number of carbonyl (C=O) groups is 1. The van der Waals surface area contributed by atoms with Crippen LogP contribution in [-0.4, -0.2) is 23.7 Å². The van der Waals surface area contributed by atoms with E-state index in [-0.39, 0.29) is 11.8 Å². The molecule has 1 amide bonds. The highest BCUT2D eigenvalue weighted by atomic mass is 16.3. The molecule has 0 radical (unpaired) electrons. The highest BCUT2D eigenvalue weighted by Gasteiger charge is 2.18. The monoisotopic (exact) mass is 249 g/mol. The van der Waals surface area contributed by atoms with Gasteiger partial charge in [-0.05, 0) is 18.4 Å². The molecule has 0 bridgehead atoms. The average Bonchev–Trinajstić information content (AvgIpc) is 2.39. The predicted octanol–water partition coefficient (Wildman–Crippen LogP) is 2.46. The van der Waals surface area contributed by atoms with E-state index in [0.29, 0.717) is 6.54 Å². The molecule has 0 heterocycles. The van der Waals surface area contributed by atoms with Crippen molar-refractivity contribution in [2.75, 3.05) is 6.54 Å². The third kappa shape index (κ3) is 4.49. The first kappa shape index (κ1) is 14.7. The summed E-state index contributed by atoms with van der Waals surface area (Å²) >= 11 is 0. The lowest BCUT2D eigenvalue weighted by Gasteiger charge is -2.17. The molecule has 3 nitrogen and oxygen atoms in total. The van der Waals surface area contributed by atoms with Crippen LogP contribution in [-0.2, 0) is 4.79 Å². The molecule has 2 N–H and O–H groups in total. The average molecular weight is 249 g/mol. The van der Waals surface area contributed by atoms with Gasteiger partial charge in [0.2, 0.25) is 5.91 Å². The van der Waals surface area contributed by atoms with Crippen molar-refractivity contribution in [3.63, 3.8) is 0 Å². The van der Waals surface area contributed by atoms with Crippen molar-refractivity contribution in [1.82, 2.24) is 5.32 Å². The fourth-order valence-electron chi connectivity index (χ4n) is 2.03. The Morgan fingerprint density at radius 3 is 2.50 bits per heavy atom. The highest BCUT2D eigenvalue weighted by Crippen LogP contribution is 2.19. The van der Waals surface area contributed by atoms with Crippen molar-refractivity contribution in [2.45, 2.75) is 45.1 Å². The number of aliphatic hydroxyl groups excluding tert-OH is 1. The van der Waals surface area contributed by atoms with E-state index in [4.69, 9.17) is 0 Å². The summed E-state index contributed by atoms with van der Waals surface area (Å²) in [6, 6.07) is 9.76. The molecule has 18 heavy (non-hydrogen) atoms. The van der Waals surface area contributed by atoms with Gasteiger partial charge in [0.1, 0.15) is 0 Å². The Morgan fingerprint density at radius 2 is 1.94 bits per heavy atom. The van der Waals surface area contributed by atoms with E-state index in [0.717, 1.165) is 24.8 Å². The van der Waals surface area contributed by atoms with E-state index in [2.05, 4.69) is 5.32 Å². The third-order valence-electron chi connectivity index (χ3n) is 3.06. The summed E-state index contributed by atoms with van der Waals surface area (Å²) in [6.07, 6.45) is 1.97. The van der Waals surface area contributed by atoms with Crippen LogP contribution in [0.15, 0.2) is 30.3 Å². The second-order valence-corrected chi connectivity index (χ2v) is 4.56. The SMILES string of the molecule is CCCC(O)CNC(=O)C(CC)c1ccccc1. The van der Waals surface area contributed by atoms with Crippen LogP contribution in [0.2, 0.25) is 0 Å². The second-order valence-electron chi connectivity index (χ2n) is 4.56. The molecule has 100 valence electrons. The molecule has 0 saturated heterocycles. The summed E-state index contributed by atoms with van der Waals surface area (Å²) in [5.74, 6) is -0.126. The molecule has 0 spiro atoms. The maximum absolute atomic E-state index is 12.1. The molecule has 0 aliphatic heterocycles. The molecule has 0 aliphatic rings. The van der Waals surface area contributed by atoms with Gasteiger partial charge in [0.25, 0.3) is 0 Å². The molecule has 2 atom stereocenters. The standard InChI is InChI=1S/C15H23NO2/c1-3-8-13(17)11-16-15(18)14(4-2)12-9-6-5-7-10-12/h5-7,9-10,13-14,17H,3-4,8,11H2,1-2H3,(H,16,18). The lowest BCUT2D eigenvalue weighted by Crippen LogP contribution is -2.35. The first-order chi connectivity index (χ1) is 8.69. The van der Waals surface area contributed by atoms with Crippen molar-refractivity contribution in [1.29, 1.82) is 0 Å². The van der Waals surface area contributed by atoms with Crippen molar-refractivity contribution in [3.05, 3.63) is 35.9 Å². The molecule has 2 unspecified atom stereocenters. The second kappa shape index (κ2) is 7.88. The highest BCUT2D eigenvalue weighted by molar-refractivity contribution is 5.83. The molecule has 3 heteroatoms. The van der Waals surface area contributed by atoms with Crippen molar-refractivity contribution >= 4 is 5.91 Å². The van der Waals surface area contributed by atoms with Gasteiger partial charge < -0.3 is 10.4 Å². The summed E-state index contributed by atoms with van der Waals surface area (Å²) in [7, 11) is 0. The molecule has 1 aromatic carbocycles. The van der Waals surface area contributed by atoms with Gasteiger partial charge in [-0.3, -0.25) is 4.79 Å². The van der Waals surface area contributed by atoms with Crippen LogP contribution in [0.1, 0.15) is 44.6 Å². The van der Waals surface area contributed by atoms with Gasteiger partial charge in [-0.2, -0.15) is 0 Å². The smallest absolute Gasteiger partial charge is 0.227 e. The van der Waals surface area contributed by atoms with Crippen LogP contribution in [0.25, 0.3) is 0 Å². The Labute approximate surface area is 109 Å². The van der Waals surface area contributed by atoms with Crippen LogP contribution in [0.5, 0.6) is 0 Å². The van der Waals surface area contributed by atoms with E-state index in [1.165, 1.54) is 0 Å². The van der Waals surface area contributed by atoms with Gasteiger partial charge >= 0.3 is 0 Å². The van der Waals surface area contributed by atoms with Crippen LogP contribution in [0.4, 0.5) is 0 Å². The summed E-state index contributed by atoms with van der Waals surface area (Å²) in [6.45, 7) is 4.36. The van der Waals surface area contributed by atoms with Gasteiger partial charge in [0.15, 0.2) is 0 Å². The zero-order valence-electron chi connectivity index (χ0n) is 11.2. The molecule has 0 saturated carbocycles. The molecule has 0 aliphatic carbocycles. The van der Waals surface area contributed by atoms with Crippen LogP contribution >= 0.6 is 0 Å². The Hall–Kier alpha value is -1.35. The minimum absolute atomic E-state index is 0.00106. The number of hydrogen-bond acceptors (Lipinski definition) is 2. The number of carbonyl (C=O) groups excluding carboxylic acids is 1. The van der Waals surface area contributed by atoms with Crippen LogP contribution < -0.4 is 5.32 Å². The van der Waals surface area contributed by atoms with Gasteiger partial charge in [-0.15, -0.1) is 0 Å². The topological polar surface area (TPSA) is 49.3 Å². The van der Waals surface area contributed by atoms with Crippen LogP contribution in [0, 0.1) is 0 Å². The largest absolute Gasteiger partial charge is 0.391 e. The lowest BCUT2D eigenvalue weighted by atomic mass is 9.95. The number of benzene rings is 1. The Kier molecular flexibility index (Phi) is 6.44. The Morgan fingerprint density at radius 1 is 1.28 bits per heavy atom. The minimum atomic E-state index is -0.438. The van der Waals surface area contributed by atoms with E-state index in [9.17, 15) is 9.90 Å². The number of aliphatic hydroxyl groups is 1. The van der Waals surface area contributed by atoms with Gasteiger partial charge in [-0.1, -0.05) is 50.6 Å². The number of rotatable bonds is 7. The number of nitrogens with one attached hydrogen (secondary N) is 1. The Balaban J connectivity index is 2.53. The zero-order chi connectivity index (χ0) is 13.4. The first-order valence-corrected chi connectivity index (χ1v) is 6.69. The van der Waals surface area contributed by atoms with Gasteiger partial charge in [0.05, 0.1) is 12.0 Å². The quantitative estimate of drug-likeness (QED) is 0.780. The first-order valence-electron chi connectivity index (χ1n) is 6.69. The van der Waals surface area contributed by atoms with Crippen LogP contribution in [0.3, 0.4) is 0 Å². The summed E-state index contributed by atoms with van der Waals surface area (Å²) < 4.78 is 0. The minimum Gasteiger partial charge on any atom is -0.391 e. The fraction of sp³-hybridized carbons (Fsp3) is 0.533. The predicted molar refractivity (Wildman–Crippen MR) is 73.4 cm³/mol. The summed E-state index contributed by atoms with van der Waals surface area (Å²) in [5, 5.41) is 12.4. The normalized spacial score (nSPS) is 13.9. The zero-order valence-corrected chi connectivity index (χ0v) is 11.2. The number of hydrogen-bond donors (Lipinski definition) is 2. The van der Waals surface area contributed by atoms with Crippen molar-refractivity contribution < 1.29 is 9.90 Å². The van der Waals surface area contributed by atoms with E-state index >= 15 is 0 Å². The fourth-order valence-corrected chi connectivity index (χ4v) is 2.03. The number of amides is 1. The molecule has 0 fully saturated rings. The van der Waals surface area contributed by atoms with Crippen molar-refractivity contribution in [3.8, 4) is 0 Å². The lowest BCUT2D eigenvalue weighted by molar-refractivity contribution is -0.123.